The molecule has 73 heavy (non-hydrogen) atoms. The topological polar surface area (TPSA) is 108 Å². The molecule has 2 atom stereocenters. The third kappa shape index (κ3) is 56.3. The van der Waals surface area contributed by atoms with Gasteiger partial charge in [0.25, 0.3) is 6.29 Å². The van der Waals surface area contributed by atoms with E-state index in [1.165, 1.54) is 167 Å². The lowest BCUT2D eigenvalue weighted by molar-refractivity contribution is -0.870. The maximum atomic E-state index is 12.8. The van der Waals surface area contributed by atoms with Gasteiger partial charge in [-0.1, -0.05) is 267 Å². The van der Waals surface area contributed by atoms with Crippen LogP contribution in [0.15, 0.2) is 72.9 Å². The van der Waals surface area contributed by atoms with Crippen LogP contribution in [0.4, 0.5) is 0 Å². The summed E-state index contributed by atoms with van der Waals surface area (Å²) in [5.41, 5.74) is 0. The van der Waals surface area contributed by atoms with E-state index in [4.69, 9.17) is 18.9 Å². The number of allylic oxidation sites excluding steroid dienone is 12. The highest BCUT2D eigenvalue weighted by Gasteiger charge is 2.25. The third-order valence-corrected chi connectivity index (χ3v) is 13.0. The Kier molecular flexibility index (Phi) is 52.5. The van der Waals surface area contributed by atoms with Crippen molar-refractivity contribution in [2.75, 3.05) is 47.5 Å². The molecular weight excluding hydrogens is 911 g/mol. The molecule has 422 valence electrons. The number of hydrogen-bond acceptors (Lipinski definition) is 7. The first-order chi connectivity index (χ1) is 35.6. The maximum absolute atomic E-state index is 12.8. The van der Waals surface area contributed by atoms with Gasteiger partial charge in [0.2, 0.25) is 0 Å². The summed E-state index contributed by atoms with van der Waals surface area (Å²) < 4.78 is 22.8. The van der Waals surface area contributed by atoms with Crippen molar-refractivity contribution in [2.24, 2.45) is 0 Å². The number of hydrogen-bond donors (Lipinski definition) is 1. The van der Waals surface area contributed by atoms with E-state index in [9.17, 15) is 19.5 Å². The summed E-state index contributed by atoms with van der Waals surface area (Å²) in [4.78, 5) is 37.4. The smallest absolute Gasteiger partial charge is 0.361 e. The number of ether oxygens (including phenoxy) is 4. The van der Waals surface area contributed by atoms with Crippen LogP contribution in [0.5, 0.6) is 0 Å². The summed E-state index contributed by atoms with van der Waals surface area (Å²) in [5.74, 6) is -2.11. The highest BCUT2D eigenvalue weighted by Crippen LogP contribution is 2.17. The van der Waals surface area contributed by atoms with Gasteiger partial charge in [-0.15, -0.1) is 0 Å². The van der Waals surface area contributed by atoms with E-state index >= 15 is 0 Å². The van der Waals surface area contributed by atoms with Gasteiger partial charge in [-0.25, -0.2) is 4.79 Å². The van der Waals surface area contributed by atoms with E-state index in [-0.39, 0.29) is 38.6 Å². The first-order valence-electron chi connectivity index (χ1n) is 30.1. The van der Waals surface area contributed by atoms with Crippen molar-refractivity contribution in [3.05, 3.63) is 72.9 Å². The van der Waals surface area contributed by atoms with Crippen LogP contribution in [0.3, 0.4) is 0 Å². The van der Waals surface area contributed by atoms with Crippen molar-refractivity contribution in [2.45, 2.75) is 270 Å². The van der Waals surface area contributed by atoms with Gasteiger partial charge < -0.3 is 28.5 Å². The Morgan fingerprint density at radius 3 is 1.14 bits per heavy atom. The fourth-order valence-electron chi connectivity index (χ4n) is 8.39. The van der Waals surface area contributed by atoms with Gasteiger partial charge in [-0.05, 0) is 51.4 Å². The van der Waals surface area contributed by atoms with Crippen LogP contribution in [-0.2, 0) is 33.3 Å². The lowest BCUT2D eigenvalue weighted by Gasteiger charge is -2.25. The summed E-state index contributed by atoms with van der Waals surface area (Å²) in [6.45, 7) is 4.70. The Morgan fingerprint density at radius 1 is 0.425 bits per heavy atom. The predicted octanol–water partition coefficient (Wildman–Crippen LogP) is 17.8. The van der Waals surface area contributed by atoms with Crippen LogP contribution in [0.25, 0.3) is 0 Å². The van der Waals surface area contributed by atoms with Crippen molar-refractivity contribution in [1.82, 2.24) is 0 Å². The monoisotopic (exact) mass is 1020 g/mol. The van der Waals surface area contributed by atoms with Crippen molar-refractivity contribution < 1.29 is 42.9 Å². The molecule has 2 unspecified atom stereocenters. The molecule has 0 rings (SSSR count). The first-order valence-corrected chi connectivity index (χ1v) is 30.1. The average Bonchev–Trinajstić information content (AvgIpc) is 3.36. The number of nitrogens with zero attached hydrogens (tertiary/aromatic N) is 1. The number of carbonyl (C=O) groups excluding carboxylic acids is 2. The number of esters is 2. The molecule has 0 saturated heterocycles. The molecule has 0 heterocycles. The molecular formula is C64H114NO8+. The highest BCUT2D eigenvalue weighted by molar-refractivity contribution is 5.71. The van der Waals surface area contributed by atoms with Gasteiger partial charge in [-0.3, -0.25) is 9.59 Å². The molecule has 0 aromatic heterocycles. The zero-order valence-electron chi connectivity index (χ0n) is 48.0. The molecule has 0 aliphatic carbocycles. The Hall–Kier alpha value is -3.27. The van der Waals surface area contributed by atoms with E-state index < -0.39 is 24.3 Å². The largest absolute Gasteiger partial charge is 0.477 e. The minimum absolute atomic E-state index is 0.134. The second-order valence-electron chi connectivity index (χ2n) is 21.3. The summed E-state index contributed by atoms with van der Waals surface area (Å²) in [6.07, 6.45) is 68.8. The number of aliphatic carboxylic acids is 1. The Morgan fingerprint density at radius 2 is 0.781 bits per heavy atom. The van der Waals surface area contributed by atoms with Gasteiger partial charge in [0.1, 0.15) is 13.2 Å². The Labute approximate surface area is 449 Å². The van der Waals surface area contributed by atoms with E-state index in [0.717, 1.165) is 57.8 Å². The molecule has 0 aromatic carbocycles. The highest BCUT2D eigenvalue weighted by atomic mass is 16.7. The van der Waals surface area contributed by atoms with E-state index in [1.807, 2.05) is 33.3 Å². The van der Waals surface area contributed by atoms with Crippen molar-refractivity contribution in [1.29, 1.82) is 0 Å². The summed E-state index contributed by atoms with van der Waals surface area (Å²) in [7, 11) is 5.94. The van der Waals surface area contributed by atoms with Crippen LogP contribution in [0.2, 0.25) is 0 Å². The quantitative estimate of drug-likeness (QED) is 0.0211. The zero-order chi connectivity index (χ0) is 53.4. The standard InChI is InChI=1S/C64H113NO8/c1-6-8-10-12-14-16-18-20-22-24-26-27-28-29-30-31-32-33-34-35-37-38-40-42-44-46-48-50-52-54-61(66)71-58-60(59-72-64(63(68)69)70-57-56-65(3,4)5)73-62(67)55-53-51-49-47-45-43-41-39-36-25-23-21-19-17-15-13-11-9-7-2/h9,11,15,17,21,23,36,39,43,45,49,51,60,64H,6-8,10,12-14,16,18-20,22,24-35,37-38,40-42,44,46-48,50,52-59H2,1-5H3/p+1/b11-9-,17-15-,23-21-,39-36-,45-43-,51-49-. The van der Waals surface area contributed by atoms with Gasteiger partial charge >= 0.3 is 17.9 Å². The van der Waals surface area contributed by atoms with Crippen LogP contribution in [0, 0.1) is 0 Å². The average molecular weight is 1030 g/mol. The molecule has 1 N–H and O–H groups in total. The van der Waals surface area contributed by atoms with Gasteiger partial charge in [0.15, 0.2) is 6.10 Å². The normalized spacial score (nSPS) is 13.3. The number of unbranched alkanes of at least 4 members (excludes halogenated alkanes) is 28. The minimum atomic E-state index is -1.53. The lowest BCUT2D eigenvalue weighted by Crippen LogP contribution is -2.40. The molecule has 0 aromatic rings. The Bertz CT molecular complexity index is 1420. The second kappa shape index (κ2) is 55.0. The lowest BCUT2D eigenvalue weighted by atomic mass is 10.0. The van der Waals surface area contributed by atoms with Gasteiger partial charge in [0.05, 0.1) is 34.4 Å². The fourth-order valence-corrected chi connectivity index (χ4v) is 8.39. The molecule has 0 saturated carbocycles. The van der Waals surface area contributed by atoms with E-state index in [2.05, 4.69) is 74.6 Å². The maximum Gasteiger partial charge on any atom is 0.361 e. The van der Waals surface area contributed by atoms with E-state index in [0.29, 0.717) is 17.4 Å². The molecule has 0 bridgehead atoms. The summed E-state index contributed by atoms with van der Waals surface area (Å²) >= 11 is 0. The molecule has 0 amide bonds. The van der Waals surface area contributed by atoms with Crippen LogP contribution < -0.4 is 0 Å². The van der Waals surface area contributed by atoms with Crippen molar-refractivity contribution in [3.63, 3.8) is 0 Å². The van der Waals surface area contributed by atoms with Crippen LogP contribution >= 0.6 is 0 Å². The molecule has 0 aliphatic rings. The number of carboxylic acid groups (broad SMARTS) is 1. The number of carbonyl (C=O) groups is 3. The molecule has 0 fully saturated rings. The number of quaternary nitrogens is 1. The zero-order valence-corrected chi connectivity index (χ0v) is 48.0. The molecule has 0 radical (unpaired) electrons. The molecule has 9 nitrogen and oxygen atoms in total. The van der Waals surface area contributed by atoms with Crippen molar-refractivity contribution >= 4 is 17.9 Å². The second-order valence-corrected chi connectivity index (χ2v) is 21.3. The minimum Gasteiger partial charge on any atom is -0.477 e. The molecule has 9 heteroatoms. The van der Waals surface area contributed by atoms with Gasteiger partial charge in [-0.2, -0.15) is 0 Å². The molecule has 0 spiro atoms. The molecule has 0 aliphatic heterocycles. The Balaban J connectivity index is 4.22. The summed E-state index contributed by atoms with van der Waals surface area (Å²) in [5, 5.41) is 9.69. The van der Waals surface area contributed by atoms with Crippen LogP contribution in [0.1, 0.15) is 258 Å². The summed E-state index contributed by atoms with van der Waals surface area (Å²) in [6, 6.07) is 0. The number of rotatable bonds is 55. The first kappa shape index (κ1) is 69.7. The number of carboxylic acids is 1. The van der Waals surface area contributed by atoms with E-state index in [1.54, 1.807) is 0 Å². The SMILES string of the molecule is CC/C=C\C/C=C\C/C=C\C/C=C\C/C=C\C/C=C\CCC(=O)OC(COC(=O)CCCCCCCCCCCCCCCCCCCCCCCCCCCCCCC)COC(OCC[N+](C)(C)C)C(=O)O. The third-order valence-electron chi connectivity index (χ3n) is 13.0. The predicted molar refractivity (Wildman–Crippen MR) is 309 cm³/mol. The fraction of sp³-hybridized carbons (Fsp3) is 0.766. The van der Waals surface area contributed by atoms with Crippen LogP contribution in [-0.4, -0.2) is 87.4 Å². The number of likely N-dealkylation sites (N-methyl/N-ethyl adjacent to an activating group) is 1. The van der Waals surface area contributed by atoms with Crippen molar-refractivity contribution in [3.8, 4) is 0 Å². The van der Waals surface area contributed by atoms with Gasteiger partial charge in [0, 0.05) is 12.8 Å².